The fraction of sp³-hybridized carbons (Fsp3) is 1.00. The molecule has 38 valence electrons. The Morgan fingerprint density at radius 2 is 1.67 bits per heavy atom. The van der Waals surface area contributed by atoms with Crippen LogP contribution in [-0.2, 0) is 0 Å². The largest absolute Gasteiger partial charge is 0.376 e. The van der Waals surface area contributed by atoms with Crippen molar-refractivity contribution in [1.29, 1.82) is 0 Å². The van der Waals surface area contributed by atoms with Crippen LogP contribution in [0.1, 0.15) is 6.92 Å². The molecule has 0 aromatic rings. The molecular formula is C3H6Cl2O. The minimum absolute atomic E-state index is 0.355. The van der Waals surface area contributed by atoms with Crippen molar-refractivity contribution in [2.45, 2.75) is 17.9 Å². The maximum absolute atomic E-state index is 8.26. The first-order chi connectivity index (χ1) is 2.64. The Hall–Kier alpha value is 0.540. The quantitative estimate of drug-likeness (QED) is 0.527. The molecule has 0 amide bonds. The lowest BCUT2D eigenvalue weighted by molar-refractivity contribution is 0.255. The highest BCUT2D eigenvalue weighted by molar-refractivity contribution is 6.28. The summed E-state index contributed by atoms with van der Waals surface area (Å²) in [6, 6.07) is 0. The maximum atomic E-state index is 8.26. The van der Waals surface area contributed by atoms with Gasteiger partial charge in [-0.15, -0.1) is 11.6 Å². The second-order valence-electron chi connectivity index (χ2n) is 1.05. The van der Waals surface area contributed by atoms with Gasteiger partial charge in [-0.05, 0) is 6.92 Å². The lowest BCUT2D eigenvalue weighted by Crippen LogP contribution is -2.07. The average Bonchev–Trinajstić information content (AvgIpc) is 1.36. The SMILES string of the molecule is CC(Cl)C(O)Cl. The Balaban J connectivity index is 2.99. The van der Waals surface area contributed by atoms with E-state index in [-0.39, 0.29) is 5.38 Å². The molecule has 0 aliphatic rings. The van der Waals surface area contributed by atoms with E-state index in [0.717, 1.165) is 0 Å². The van der Waals surface area contributed by atoms with E-state index >= 15 is 0 Å². The van der Waals surface area contributed by atoms with E-state index in [4.69, 9.17) is 28.3 Å². The predicted octanol–water partition coefficient (Wildman–Crippen LogP) is 1.17. The fourth-order valence-corrected chi connectivity index (χ4v) is 0. The molecule has 0 heterocycles. The third kappa shape index (κ3) is 2.76. The van der Waals surface area contributed by atoms with Gasteiger partial charge in [0.25, 0.3) is 0 Å². The van der Waals surface area contributed by atoms with Gasteiger partial charge in [-0.2, -0.15) is 0 Å². The van der Waals surface area contributed by atoms with Gasteiger partial charge in [0, 0.05) is 0 Å². The number of rotatable bonds is 1. The summed E-state index contributed by atoms with van der Waals surface area (Å²) in [5.74, 6) is 0. The molecule has 0 aliphatic carbocycles. The first kappa shape index (κ1) is 6.54. The second-order valence-corrected chi connectivity index (χ2v) is 2.19. The molecular weight excluding hydrogens is 123 g/mol. The first-order valence-corrected chi connectivity index (χ1v) is 2.48. The van der Waals surface area contributed by atoms with Gasteiger partial charge in [0.1, 0.15) is 5.56 Å². The summed E-state index contributed by atoms with van der Waals surface area (Å²) in [6.45, 7) is 1.62. The van der Waals surface area contributed by atoms with Gasteiger partial charge >= 0.3 is 0 Å². The number of halogens is 2. The molecule has 1 N–H and O–H groups in total. The van der Waals surface area contributed by atoms with Gasteiger partial charge < -0.3 is 5.11 Å². The van der Waals surface area contributed by atoms with Crippen LogP contribution >= 0.6 is 23.2 Å². The lowest BCUT2D eigenvalue weighted by Gasteiger charge is -1.99. The van der Waals surface area contributed by atoms with E-state index in [0.29, 0.717) is 0 Å². The third-order valence-corrected chi connectivity index (χ3v) is 1.12. The third-order valence-electron chi connectivity index (χ3n) is 0.379. The summed E-state index contributed by atoms with van der Waals surface area (Å²) in [5.41, 5.74) is -0.910. The van der Waals surface area contributed by atoms with Crippen molar-refractivity contribution in [3.63, 3.8) is 0 Å². The number of hydrogen-bond donors (Lipinski definition) is 1. The standard InChI is InChI=1S/C3H6Cl2O/c1-2(4)3(5)6/h2-3,6H,1H3. The van der Waals surface area contributed by atoms with Crippen LogP contribution in [0.4, 0.5) is 0 Å². The van der Waals surface area contributed by atoms with Crippen LogP contribution in [0, 0.1) is 0 Å². The van der Waals surface area contributed by atoms with Gasteiger partial charge in [-0.3, -0.25) is 0 Å². The summed E-state index contributed by atoms with van der Waals surface area (Å²) in [7, 11) is 0. The summed E-state index contributed by atoms with van der Waals surface area (Å²) in [5, 5.41) is 7.91. The van der Waals surface area contributed by atoms with E-state index in [1.807, 2.05) is 0 Å². The molecule has 3 heteroatoms. The summed E-state index contributed by atoms with van der Waals surface area (Å²) < 4.78 is 0. The highest BCUT2D eigenvalue weighted by atomic mass is 35.5. The zero-order valence-corrected chi connectivity index (χ0v) is 4.87. The Bertz CT molecular complexity index is 29.8. The zero-order chi connectivity index (χ0) is 5.15. The smallest absolute Gasteiger partial charge is 0.143 e. The molecule has 0 spiro atoms. The molecule has 0 saturated carbocycles. The van der Waals surface area contributed by atoms with Crippen molar-refractivity contribution >= 4 is 23.2 Å². The topological polar surface area (TPSA) is 20.2 Å². The normalized spacial score (nSPS) is 20.0. The van der Waals surface area contributed by atoms with E-state index < -0.39 is 5.56 Å². The van der Waals surface area contributed by atoms with Crippen molar-refractivity contribution in [2.75, 3.05) is 0 Å². The fourth-order valence-electron chi connectivity index (χ4n) is 0. The van der Waals surface area contributed by atoms with E-state index in [1.54, 1.807) is 6.92 Å². The molecule has 6 heavy (non-hydrogen) atoms. The van der Waals surface area contributed by atoms with Crippen molar-refractivity contribution < 1.29 is 5.11 Å². The molecule has 1 nitrogen and oxygen atoms in total. The zero-order valence-electron chi connectivity index (χ0n) is 3.36. The van der Waals surface area contributed by atoms with E-state index in [9.17, 15) is 0 Å². The van der Waals surface area contributed by atoms with Gasteiger partial charge in [0.05, 0.1) is 5.38 Å². The Morgan fingerprint density at radius 1 is 1.50 bits per heavy atom. The van der Waals surface area contributed by atoms with Crippen LogP contribution in [0.2, 0.25) is 0 Å². The Kier molecular flexibility index (Phi) is 2.91. The second kappa shape index (κ2) is 2.67. The van der Waals surface area contributed by atoms with Gasteiger partial charge in [-0.1, -0.05) is 11.6 Å². The monoisotopic (exact) mass is 128 g/mol. The van der Waals surface area contributed by atoms with Crippen LogP contribution in [0.25, 0.3) is 0 Å². The predicted molar refractivity (Wildman–Crippen MR) is 27.2 cm³/mol. The molecule has 0 fully saturated rings. The number of hydrogen-bond acceptors (Lipinski definition) is 1. The van der Waals surface area contributed by atoms with Crippen molar-refractivity contribution in [3.05, 3.63) is 0 Å². The van der Waals surface area contributed by atoms with Crippen molar-refractivity contribution in [2.24, 2.45) is 0 Å². The molecule has 2 atom stereocenters. The van der Waals surface area contributed by atoms with Crippen LogP contribution in [0.15, 0.2) is 0 Å². The van der Waals surface area contributed by atoms with Crippen LogP contribution in [0.3, 0.4) is 0 Å². The number of aliphatic hydroxyl groups excluding tert-OH is 1. The highest BCUT2D eigenvalue weighted by Gasteiger charge is 2.03. The molecule has 2 unspecified atom stereocenters. The van der Waals surface area contributed by atoms with Gasteiger partial charge in [-0.25, -0.2) is 0 Å². The molecule has 0 radical (unpaired) electrons. The first-order valence-electron chi connectivity index (χ1n) is 1.61. The van der Waals surface area contributed by atoms with Crippen LogP contribution in [0.5, 0.6) is 0 Å². The lowest BCUT2D eigenvalue weighted by atomic mass is 10.5. The van der Waals surface area contributed by atoms with Crippen molar-refractivity contribution in [3.8, 4) is 0 Å². The molecule has 0 rings (SSSR count). The Labute approximate surface area is 46.9 Å². The minimum Gasteiger partial charge on any atom is -0.376 e. The van der Waals surface area contributed by atoms with Crippen LogP contribution < -0.4 is 0 Å². The number of aliphatic hydroxyl groups is 1. The molecule has 0 saturated heterocycles. The summed E-state index contributed by atoms with van der Waals surface area (Å²) >= 11 is 10.3. The molecule has 0 aliphatic heterocycles. The van der Waals surface area contributed by atoms with Crippen molar-refractivity contribution in [1.82, 2.24) is 0 Å². The summed E-state index contributed by atoms with van der Waals surface area (Å²) in [4.78, 5) is 0. The van der Waals surface area contributed by atoms with E-state index in [1.165, 1.54) is 0 Å². The van der Waals surface area contributed by atoms with Crippen LogP contribution in [-0.4, -0.2) is 16.0 Å². The molecule has 0 bridgehead atoms. The Morgan fingerprint density at radius 3 is 1.67 bits per heavy atom. The van der Waals surface area contributed by atoms with Gasteiger partial charge in [0.2, 0.25) is 0 Å². The summed E-state index contributed by atoms with van der Waals surface area (Å²) in [6.07, 6.45) is 0. The molecule has 0 aromatic heterocycles. The minimum atomic E-state index is -0.910. The average molecular weight is 129 g/mol. The maximum Gasteiger partial charge on any atom is 0.143 e. The van der Waals surface area contributed by atoms with Gasteiger partial charge in [0.15, 0.2) is 0 Å². The molecule has 0 aromatic carbocycles. The number of alkyl halides is 2. The highest BCUT2D eigenvalue weighted by Crippen LogP contribution is 2.03. The van der Waals surface area contributed by atoms with E-state index in [2.05, 4.69) is 0 Å².